The van der Waals surface area contributed by atoms with Crippen molar-refractivity contribution >= 4 is 16.9 Å². The number of rotatable bonds is 1. The van der Waals surface area contributed by atoms with Crippen molar-refractivity contribution in [1.82, 2.24) is 4.98 Å². The van der Waals surface area contributed by atoms with Gasteiger partial charge >= 0.3 is 0 Å². The van der Waals surface area contributed by atoms with Gasteiger partial charge in [-0.05, 0) is 23.8 Å². The fraction of sp³-hybridized carbons (Fsp3) is 0.545. The Bertz CT molecular complexity index is 338. The van der Waals surface area contributed by atoms with Crippen molar-refractivity contribution in [2.24, 2.45) is 11.1 Å². The summed E-state index contributed by atoms with van der Waals surface area (Å²) in [5.41, 5.74) is 9.61. The zero-order valence-corrected chi connectivity index (χ0v) is 9.47. The molecule has 0 radical (unpaired) electrons. The molecule has 0 saturated heterocycles. The summed E-state index contributed by atoms with van der Waals surface area (Å²) in [4.78, 5) is 5.37. The Morgan fingerprint density at radius 1 is 1.57 bits per heavy atom. The second-order valence-corrected chi connectivity index (χ2v) is 5.46. The zero-order valence-electron chi connectivity index (χ0n) is 8.66. The van der Waals surface area contributed by atoms with Crippen molar-refractivity contribution in [3.63, 3.8) is 0 Å². The van der Waals surface area contributed by atoms with Crippen LogP contribution in [0.25, 0.3) is 5.57 Å². The molecule has 1 heterocycles. The van der Waals surface area contributed by atoms with Gasteiger partial charge in [-0.25, -0.2) is 0 Å². The van der Waals surface area contributed by atoms with Gasteiger partial charge in [0.15, 0.2) is 0 Å². The van der Waals surface area contributed by atoms with E-state index in [1.807, 2.05) is 11.7 Å². The molecule has 0 fully saturated rings. The highest BCUT2D eigenvalue weighted by Crippen LogP contribution is 2.37. The number of nitrogens with zero attached hydrogens (tertiary/aromatic N) is 1. The monoisotopic (exact) mass is 208 g/mol. The standard InChI is InChI=1S/C11H16N2S/c1-11(2)4-3-8(5-10(11)12)9-6-13-7-14-9/h5-7,10H,3-4,12H2,1-2H3. The third kappa shape index (κ3) is 1.74. The molecule has 0 amide bonds. The van der Waals surface area contributed by atoms with E-state index in [4.69, 9.17) is 5.73 Å². The molecule has 0 spiro atoms. The topological polar surface area (TPSA) is 38.9 Å². The summed E-state index contributed by atoms with van der Waals surface area (Å²) in [6.45, 7) is 4.47. The van der Waals surface area contributed by atoms with Gasteiger partial charge in [0.1, 0.15) is 0 Å². The third-order valence-electron chi connectivity index (χ3n) is 3.07. The lowest BCUT2D eigenvalue weighted by Crippen LogP contribution is -2.37. The van der Waals surface area contributed by atoms with E-state index in [0.29, 0.717) is 0 Å². The second kappa shape index (κ2) is 3.48. The van der Waals surface area contributed by atoms with E-state index in [0.717, 1.165) is 12.8 Å². The Balaban J connectivity index is 2.25. The Hall–Kier alpha value is -0.670. The molecule has 1 unspecified atom stereocenters. The quantitative estimate of drug-likeness (QED) is 0.770. The van der Waals surface area contributed by atoms with Crippen LogP contribution < -0.4 is 5.73 Å². The van der Waals surface area contributed by atoms with E-state index in [2.05, 4.69) is 24.9 Å². The number of aromatic nitrogens is 1. The molecule has 2 nitrogen and oxygen atoms in total. The van der Waals surface area contributed by atoms with Crippen LogP contribution in [0.5, 0.6) is 0 Å². The molecule has 1 aliphatic rings. The van der Waals surface area contributed by atoms with Crippen LogP contribution >= 0.6 is 11.3 Å². The smallest absolute Gasteiger partial charge is 0.0797 e. The molecular weight excluding hydrogens is 192 g/mol. The first-order valence-electron chi connectivity index (χ1n) is 4.95. The first-order valence-corrected chi connectivity index (χ1v) is 5.83. The van der Waals surface area contributed by atoms with Crippen LogP contribution in [0.1, 0.15) is 31.6 Å². The van der Waals surface area contributed by atoms with Gasteiger partial charge in [0.25, 0.3) is 0 Å². The van der Waals surface area contributed by atoms with Crippen molar-refractivity contribution in [2.75, 3.05) is 0 Å². The van der Waals surface area contributed by atoms with Gasteiger partial charge in [0.05, 0.1) is 5.51 Å². The minimum atomic E-state index is 0.174. The van der Waals surface area contributed by atoms with Crippen molar-refractivity contribution in [3.05, 3.63) is 22.7 Å². The van der Waals surface area contributed by atoms with Crippen LogP contribution in [-0.2, 0) is 0 Å². The molecule has 14 heavy (non-hydrogen) atoms. The maximum atomic E-state index is 6.12. The molecule has 1 aromatic rings. The first-order chi connectivity index (χ1) is 6.59. The summed E-state index contributed by atoms with van der Waals surface area (Å²) in [5, 5.41) is 0. The van der Waals surface area contributed by atoms with Gasteiger partial charge in [-0.3, -0.25) is 4.98 Å². The predicted molar refractivity (Wildman–Crippen MR) is 61.1 cm³/mol. The summed E-state index contributed by atoms with van der Waals surface area (Å²) in [5.74, 6) is 0. The maximum Gasteiger partial charge on any atom is 0.0797 e. The molecule has 0 saturated carbocycles. The van der Waals surface area contributed by atoms with Crippen LogP contribution in [0.3, 0.4) is 0 Å². The number of hydrogen-bond donors (Lipinski definition) is 1. The molecular formula is C11H16N2S. The number of thiazole rings is 1. The fourth-order valence-electron chi connectivity index (χ4n) is 1.73. The highest BCUT2D eigenvalue weighted by atomic mass is 32.1. The van der Waals surface area contributed by atoms with E-state index >= 15 is 0 Å². The average molecular weight is 208 g/mol. The molecule has 1 atom stereocenters. The minimum Gasteiger partial charge on any atom is -0.324 e. The molecule has 2 N–H and O–H groups in total. The van der Waals surface area contributed by atoms with Crippen molar-refractivity contribution < 1.29 is 0 Å². The molecule has 1 aromatic heterocycles. The fourth-order valence-corrected chi connectivity index (χ4v) is 2.41. The van der Waals surface area contributed by atoms with Crippen molar-refractivity contribution in [2.45, 2.75) is 32.7 Å². The second-order valence-electron chi connectivity index (χ2n) is 4.57. The summed E-state index contributed by atoms with van der Waals surface area (Å²) < 4.78 is 0. The maximum absolute atomic E-state index is 6.12. The van der Waals surface area contributed by atoms with E-state index in [-0.39, 0.29) is 11.5 Å². The highest BCUT2D eigenvalue weighted by Gasteiger charge is 2.29. The SMILES string of the molecule is CC1(C)CCC(c2cncs2)=CC1N. The number of hydrogen-bond acceptors (Lipinski definition) is 3. The zero-order chi connectivity index (χ0) is 10.2. The van der Waals surface area contributed by atoms with Crippen molar-refractivity contribution in [3.8, 4) is 0 Å². The van der Waals surface area contributed by atoms with Gasteiger partial charge < -0.3 is 5.73 Å². The highest BCUT2D eigenvalue weighted by molar-refractivity contribution is 7.10. The van der Waals surface area contributed by atoms with Gasteiger partial charge in [0, 0.05) is 17.1 Å². The summed E-state index contributed by atoms with van der Waals surface area (Å²) in [6.07, 6.45) is 6.43. The molecule has 0 bridgehead atoms. The molecule has 76 valence electrons. The van der Waals surface area contributed by atoms with Gasteiger partial charge in [-0.2, -0.15) is 0 Å². The van der Waals surface area contributed by atoms with E-state index in [9.17, 15) is 0 Å². The summed E-state index contributed by atoms with van der Waals surface area (Å²) in [6, 6.07) is 0.174. The van der Waals surface area contributed by atoms with Crippen LogP contribution in [-0.4, -0.2) is 11.0 Å². The summed E-state index contributed by atoms with van der Waals surface area (Å²) >= 11 is 1.70. The Morgan fingerprint density at radius 2 is 2.36 bits per heavy atom. The molecule has 0 aromatic carbocycles. The van der Waals surface area contributed by atoms with E-state index in [1.54, 1.807) is 11.3 Å². The van der Waals surface area contributed by atoms with Crippen LogP contribution in [0, 0.1) is 5.41 Å². The van der Waals surface area contributed by atoms with Gasteiger partial charge in [0.2, 0.25) is 0 Å². The van der Waals surface area contributed by atoms with Crippen LogP contribution in [0.4, 0.5) is 0 Å². The predicted octanol–water partition coefficient (Wildman–Crippen LogP) is 2.67. The number of nitrogens with two attached hydrogens (primary N) is 1. The lowest BCUT2D eigenvalue weighted by molar-refractivity contribution is 0.292. The third-order valence-corrected chi connectivity index (χ3v) is 3.92. The Labute approximate surface area is 88.9 Å². The van der Waals surface area contributed by atoms with E-state index in [1.165, 1.54) is 10.5 Å². The average Bonchev–Trinajstić information content (AvgIpc) is 2.62. The molecule has 0 aliphatic heterocycles. The van der Waals surface area contributed by atoms with E-state index < -0.39 is 0 Å². The molecule has 3 heteroatoms. The molecule has 2 rings (SSSR count). The van der Waals surface area contributed by atoms with Crippen LogP contribution in [0.15, 0.2) is 17.8 Å². The van der Waals surface area contributed by atoms with Crippen LogP contribution in [0.2, 0.25) is 0 Å². The minimum absolute atomic E-state index is 0.174. The van der Waals surface area contributed by atoms with Gasteiger partial charge in [-0.1, -0.05) is 19.9 Å². The lowest BCUT2D eigenvalue weighted by Gasteiger charge is -2.34. The lowest BCUT2D eigenvalue weighted by atomic mass is 9.75. The first kappa shape index (κ1) is 9.87. The number of allylic oxidation sites excluding steroid dienone is 1. The van der Waals surface area contributed by atoms with Gasteiger partial charge in [-0.15, -0.1) is 11.3 Å². The Morgan fingerprint density at radius 3 is 2.93 bits per heavy atom. The summed E-state index contributed by atoms with van der Waals surface area (Å²) in [7, 11) is 0. The van der Waals surface area contributed by atoms with Crippen molar-refractivity contribution in [1.29, 1.82) is 0 Å². The Kier molecular flexibility index (Phi) is 2.45. The normalized spacial score (nSPS) is 25.9. The largest absolute Gasteiger partial charge is 0.324 e. The molecule has 1 aliphatic carbocycles.